The first kappa shape index (κ1) is 56.5. The van der Waals surface area contributed by atoms with Crippen LogP contribution in [0.5, 0.6) is 0 Å². The third-order valence-electron chi connectivity index (χ3n) is 21.0. The number of nitrogens with one attached hydrogen (secondary N) is 1. The highest BCUT2D eigenvalue weighted by molar-refractivity contribution is 7.26. The number of benzene rings is 15. The lowest BCUT2D eigenvalue weighted by Gasteiger charge is -2.38. The number of anilines is 1. The molecule has 0 unspecified atom stereocenters. The summed E-state index contributed by atoms with van der Waals surface area (Å²) in [6, 6.07) is 113. The van der Waals surface area contributed by atoms with Gasteiger partial charge in [0.25, 0.3) is 0 Å². The van der Waals surface area contributed by atoms with Crippen LogP contribution in [0.15, 0.2) is 345 Å². The predicted octanol–water partition coefficient (Wildman–Crippen LogP) is 21.6. The van der Waals surface area contributed by atoms with Gasteiger partial charge >= 0.3 is 0 Å². The minimum absolute atomic E-state index is 0.724. The van der Waals surface area contributed by atoms with Crippen LogP contribution in [0.2, 0.25) is 0 Å². The van der Waals surface area contributed by atoms with Crippen molar-refractivity contribution in [2.75, 3.05) is 5.01 Å². The van der Waals surface area contributed by atoms with E-state index in [2.05, 4.69) is 320 Å². The topological polar surface area (TPSA) is 90.2 Å². The van der Waals surface area contributed by atoms with Gasteiger partial charge in [-0.15, -0.1) is 11.3 Å². The summed E-state index contributed by atoms with van der Waals surface area (Å²) in [4.78, 5) is 22.8. The van der Waals surface area contributed by atoms with Crippen molar-refractivity contribution in [2.45, 2.75) is 0 Å². The fourth-order valence-electron chi connectivity index (χ4n) is 16.7. The van der Waals surface area contributed by atoms with Crippen LogP contribution in [0.1, 0.15) is 16.7 Å². The molecule has 0 radical (unpaired) electrons. The van der Waals surface area contributed by atoms with Gasteiger partial charge in [-0.1, -0.05) is 243 Å². The van der Waals surface area contributed by atoms with Crippen molar-refractivity contribution in [1.82, 2.24) is 5.53 Å². The Balaban J connectivity index is 0.954. The molecule has 8 nitrogen and oxygen atoms in total. The molecule has 17 aromatic rings. The minimum atomic E-state index is 0.724. The van der Waals surface area contributed by atoms with Gasteiger partial charge in [0.05, 0.1) is 55.6 Å². The number of rotatable bonds is 9. The zero-order valence-corrected chi connectivity index (χ0v) is 55.3. The maximum atomic E-state index is 6.91. The lowest BCUT2D eigenvalue weighted by molar-refractivity contribution is 0.669. The van der Waals surface area contributed by atoms with E-state index in [-0.39, 0.29) is 0 Å². The zero-order valence-electron chi connectivity index (χ0n) is 54.5. The molecule has 0 saturated heterocycles. The number of allylic oxidation sites excluding steroid dienone is 1. The fraction of sp³-hybridized carbons (Fsp3) is 0. The van der Waals surface area contributed by atoms with Crippen molar-refractivity contribution in [1.29, 1.82) is 0 Å². The lowest BCUT2D eigenvalue weighted by atomic mass is 9.78. The Kier molecular flexibility index (Phi) is 12.2. The van der Waals surface area contributed by atoms with Crippen molar-refractivity contribution in [3.63, 3.8) is 0 Å². The van der Waals surface area contributed by atoms with Gasteiger partial charge in [-0.3, -0.25) is 0 Å². The summed E-state index contributed by atoms with van der Waals surface area (Å²) < 4.78 is 9.31. The molecule has 5 aliphatic rings. The van der Waals surface area contributed by atoms with Gasteiger partial charge in [0.2, 0.25) is 0 Å². The Labute approximate surface area is 587 Å². The molecule has 0 amide bonds. The average Bonchev–Trinajstić information content (AvgIpc) is 1.38. The summed E-state index contributed by atoms with van der Waals surface area (Å²) in [5.74, 6) is 0. The summed E-state index contributed by atoms with van der Waals surface area (Å²) >= 11 is 1.83. The van der Waals surface area contributed by atoms with E-state index in [4.69, 9.17) is 29.5 Å². The first-order valence-electron chi connectivity index (χ1n) is 34.5. The number of hydrogen-bond acceptors (Lipinski definition) is 9. The molecule has 7 heterocycles. The molecule has 0 aliphatic carbocycles. The zero-order chi connectivity index (χ0) is 66.7. The Morgan fingerprint density at radius 2 is 0.794 bits per heavy atom. The maximum Gasteiger partial charge on any atom is 0.136 e. The number of hydrogen-bond donors (Lipinski definition) is 1. The standard InChI is InChI=1S/C93H53N7OS/c1-5-25-53(26-6-1)57-33-13-14-36-60(57)83-91(88-81(66-40-24-46-78-80(66)64-38-18-22-45-77(64)102-78)67(54-27-7-2-8-28-54)51-73-84(88)85-71(94-73)49-47-61-58-34-15-19-41-69(58)96-89(61)85)98-99-100(92(83)56-31-11-4-12-32-56)93-82(65-39-23-44-76-79(65)63-37-17-21-43-75(63)101-76)68(55-29-9-3-10-30-55)52-74-87(93)86-72(95-74)50-48-62-59-35-16-20-42-70(59)97-90(62)86/h1-52,99H. The number of nitrogens with zero attached hydrogens (tertiary/aromatic N) is 6. The molecule has 2 aromatic heterocycles. The molecular weight excluding hydrogens is 1260 g/mol. The van der Waals surface area contributed by atoms with Gasteiger partial charge in [0.1, 0.15) is 16.9 Å². The molecule has 0 bridgehead atoms. The molecule has 9 heteroatoms. The van der Waals surface area contributed by atoms with E-state index in [9.17, 15) is 0 Å². The molecule has 0 saturated carbocycles. The van der Waals surface area contributed by atoms with Crippen molar-refractivity contribution in [3.05, 3.63) is 374 Å². The molecule has 0 fully saturated rings. The first-order valence-corrected chi connectivity index (χ1v) is 35.3. The largest absolute Gasteiger partial charge is 0.456 e. The van der Waals surface area contributed by atoms with Crippen molar-refractivity contribution >= 4 is 98.9 Å². The third kappa shape index (κ3) is 8.28. The molecular formula is C93H53N7OS. The van der Waals surface area contributed by atoms with Crippen LogP contribution in [0.3, 0.4) is 0 Å². The quantitative estimate of drug-likeness (QED) is 0.156. The molecule has 5 aliphatic heterocycles. The highest BCUT2D eigenvalue weighted by atomic mass is 32.1. The smallest absolute Gasteiger partial charge is 0.136 e. The minimum Gasteiger partial charge on any atom is -0.456 e. The second-order valence-corrected chi connectivity index (χ2v) is 27.6. The number of furan rings is 1. The summed E-state index contributed by atoms with van der Waals surface area (Å²) in [6.07, 6.45) is 0. The Morgan fingerprint density at radius 1 is 0.304 bits per heavy atom. The highest BCUT2D eigenvalue weighted by Crippen LogP contribution is 2.59. The normalized spacial score (nSPS) is 13.3. The van der Waals surface area contributed by atoms with Crippen molar-refractivity contribution in [2.24, 2.45) is 25.1 Å². The molecule has 472 valence electrons. The van der Waals surface area contributed by atoms with E-state index >= 15 is 0 Å². The highest BCUT2D eigenvalue weighted by Gasteiger charge is 2.41. The average molecular weight is 1320 g/mol. The van der Waals surface area contributed by atoms with E-state index < -0.39 is 0 Å². The van der Waals surface area contributed by atoms with Crippen molar-refractivity contribution in [3.8, 4) is 77.9 Å². The molecule has 0 atom stereocenters. The van der Waals surface area contributed by atoms with Crippen LogP contribution >= 0.6 is 11.3 Å². The van der Waals surface area contributed by atoms with Gasteiger partial charge in [-0.05, 0) is 123 Å². The summed E-state index contributed by atoms with van der Waals surface area (Å²) in [6.45, 7) is 0. The van der Waals surface area contributed by atoms with Gasteiger partial charge in [0, 0.05) is 102 Å². The number of hydrazine groups is 1. The number of hydrazone groups is 1. The Hall–Kier alpha value is -13.5. The van der Waals surface area contributed by atoms with E-state index in [0.29, 0.717) is 0 Å². The van der Waals surface area contributed by atoms with Gasteiger partial charge < -0.3 is 4.42 Å². The summed E-state index contributed by atoms with van der Waals surface area (Å²) in [5.41, 5.74) is 29.2. The van der Waals surface area contributed by atoms with Crippen LogP contribution in [0.4, 0.5) is 28.4 Å². The van der Waals surface area contributed by atoms with Crippen LogP contribution in [0, 0.1) is 20.9 Å². The monoisotopic (exact) mass is 1320 g/mol. The molecule has 0 spiro atoms. The number of fused-ring (bicyclic) bond motifs is 18. The van der Waals surface area contributed by atoms with E-state index in [0.717, 1.165) is 204 Å². The molecule has 1 N–H and O–H groups in total. The summed E-state index contributed by atoms with van der Waals surface area (Å²) in [5, 5.41) is 20.8. The van der Waals surface area contributed by atoms with Crippen LogP contribution in [0.25, 0.3) is 131 Å². The van der Waals surface area contributed by atoms with Crippen LogP contribution in [-0.4, -0.2) is 5.71 Å². The van der Waals surface area contributed by atoms with E-state index in [1.54, 1.807) is 0 Å². The molecule has 15 aromatic carbocycles. The van der Waals surface area contributed by atoms with E-state index in [1.165, 1.54) is 20.2 Å². The van der Waals surface area contributed by atoms with Gasteiger partial charge in [-0.25, -0.2) is 30.5 Å². The van der Waals surface area contributed by atoms with Crippen molar-refractivity contribution < 1.29 is 4.42 Å². The lowest BCUT2D eigenvalue weighted by Crippen LogP contribution is -2.40. The Morgan fingerprint density at radius 3 is 1.46 bits per heavy atom. The van der Waals surface area contributed by atoms with Gasteiger partial charge in [0.15, 0.2) is 0 Å². The van der Waals surface area contributed by atoms with Crippen LogP contribution < -0.4 is 32.0 Å². The predicted molar refractivity (Wildman–Crippen MR) is 414 cm³/mol. The van der Waals surface area contributed by atoms with Gasteiger partial charge in [-0.2, -0.15) is 5.10 Å². The number of para-hydroxylation sites is 3. The first-order chi connectivity index (χ1) is 50.6. The SMILES string of the molecule is c1ccc(C2=C(c3ccccc3-c3ccccc3)C(c3c4c(cc(-c5ccccc5)c3-c3cccc5sc6ccccc6c35)N=c3ccc5c(c3-4)N=c3ccccc3=5)=NNN2c2c3c(cc(-c4ccccc4)c2-c2cccc4oc5ccccc5c24)N=c2ccc4c(c2-3)N=c2ccccc2=4)cc1. The fourth-order valence-corrected chi connectivity index (χ4v) is 17.9. The summed E-state index contributed by atoms with van der Waals surface area (Å²) in [7, 11) is 0. The van der Waals surface area contributed by atoms with Crippen LogP contribution in [-0.2, 0) is 0 Å². The molecule has 102 heavy (non-hydrogen) atoms. The second kappa shape index (κ2) is 22.0. The maximum absolute atomic E-state index is 6.91. The molecule has 22 rings (SSSR count). The Bertz CT molecular complexity index is 7150. The third-order valence-corrected chi connectivity index (χ3v) is 22.1. The second-order valence-electron chi connectivity index (χ2n) is 26.5. The van der Waals surface area contributed by atoms with E-state index in [1.807, 2.05) is 17.4 Å². The number of thiophene rings is 1.